The summed E-state index contributed by atoms with van der Waals surface area (Å²) in [7, 11) is 0. The van der Waals surface area contributed by atoms with Crippen LogP contribution in [0.3, 0.4) is 0 Å². The van der Waals surface area contributed by atoms with E-state index in [0.29, 0.717) is 5.69 Å². The third kappa shape index (κ3) is 3.00. The van der Waals surface area contributed by atoms with Gasteiger partial charge in [0.2, 0.25) is 11.8 Å². The fourth-order valence-corrected chi connectivity index (χ4v) is 3.77. The van der Waals surface area contributed by atoms with E-state index >= 15 is 0 Å². The van der Waals surface area contributed by atoms with E-state index in [2.05, 4.69) is 0 Å². The van der Waals surface area contributed by atoms with E-state index in [9.17, 15) is 14.4 Å². The highest BCUT2D eigenvalue weighted by atomic mass is 32.2. The van der Waals surface area contributed by atoms with E-state index in [1.54, 1.807) is 12.1 Å². The lowest BCUT2D eigenvalue weighted by Crippen LogP contribution is -2.35. The molecule has 2 atom stereocenters. The summed E-state index contributed by atoms with van der Waals surface area (Å²) in [5, 5.41) is 10.00. The molecule has 1 aliphatic heterocycles. The van der Waals surface area contributed by atoms with Gasteiger partial charge in [-0.1, -0.05) is 36.4 Å². The zero-order chi connectivity index (χ0) is 17.3. The Balaban J connectivity index is 1.85. The van der Waals surface area contributed by atoms with E-state index in [-0.39, 0.29) is 24.0 Å². The molecule has 1 saturated heterocycles. The van der Waals surface area contributed by atoms with Gasteiger partial charge in [-0.3, -0.25) is 14.4 Å². The first-order chi connectivity index (χ1) is 11.5. The summed E-state index contributed by atoms with van der Waals surface area (Å²) in [6.07, 6.45) is 0.0546. The molecule has 0 radical (unpaired) electrons. The average Bonchev–Trinajstić information content (AvgIpc) is 2.86. The number of anilines is 1. The number of aliphatic carboxylic acids is 1. The molecule has 1 aliphatic rings. The largest absolute Gasteiger partial charge is 0.480 e. The van der Waals surface area contributed by atoms with Gasteiger partial charge in [0.15, 0.2) is 0 Å². The lowest BCUT2D eigenvalue weighted by Gasteiger charge is -2.17. The molecule has 3 N–H and O–H groups in total. The van der Waals surface area contributed by atoms with Gasteiger partial charge in [-0.05, 0) is 11.5 Å². The summed E-state index contributed by atoms with van der Waals surface area (Å²) in [6.45, 7) is 0. The van der Waals surface area contributed by atoms with E-state index in [1.165, 1.54) is 4.90 Å². The fraction of sp³-hybridized carbons (Fsp3) is 0.235. The normalized spacial score (nSPS) is 19.0. The second-order valence-corrected chi connectivity index (χ2v) is 6.77. The third-order valence-corrected chi connectivity index (χ3v) is 5.23. The van der Waals surface area contributed by atoms with Gasteiger partial charge < -0.3 is 10.8 Å². The second kappa shape index (κ2) is 6.62. The number of nitrogens with zero attached hydrogens (tertiary/aromatic N) is 1. The minimum Gasteiger partial charge on any atom is -0.480 e. The van der Waals surface area contributed by atoms with Gasteiger partial charge in [0.05, 0.1) is 10.9 Å². The SMILES string of the molecule is N[C@@H](CS[C@H]1CC(=O)N(c2cccc3ccccc23)C1=O)C(=O)O. The monoisotopic (exact) mass is 344 g/mol. The Bertz CT molecular complexity index is 818. The standard InChI is InChI=1S/C17H16N2O4S/c18-12(17(22)23)9-24-14-8-15(20)19(16(14)21)13-7-3-5-10-4-1-2-6-11(10)13/h1-7,12,14H,8-9,18H2,(H,22,23)/t12-,14-/m0/s1. The van der Waals surface area contributed by atoms with Crippen molar-refractivity contribution in [3.8, 4) is 0 Å². The molecular weight excluding hydrogens is 328 g/mol. The lowest BCUT2D eigenvalue weighted by atomic mass is 10.1. The number of fused-ring (bicyclic) bond motifs is 1. The molecular formula is C17H16N2O4S. The average molecular weight is 344 g/mol. The van der Waals surface area contributed by atoms with Crippen LogP contribution in [0.5, 0.6) is 0 Å². The van der Waals surface area contributed by atoms with Crippen molar-refractivity contribution in [3.05, 3.63) is 42.5 Å². The summed E-state index contributed by atoms with van der Waals surface area (Å²) in [5.41, 5.74) is 6.03. The molecule has 124 valence electrons. The van der Waals surface area contributed by atoms with Crippen LogP contribution >= 0.6 is 11.8 Å². The van der Waals surface area contributed by atoms with Crippen LogP contribution in [0.2, 0.25) is 0 Å². The summed E-state index contributed by atoms with van der Waals surface area (Å²) in [5.74, 6) is -1.63. The van der Waals surface area contributed by atoms with Gasteiger partial charge in [0.25, 0.3) is 0 Å². The maximum absolute atomic E-state index is 12.6. The van der Waals surface area contributed by atoms with Gasteiger partial charge in [-0.15, -0.1) is 11.8 Å². The molecule has 0 aliphatic carbocycles. The molecule has 0 spiro atoms. The summed E-state index contributed by atoms with van der Waals surface area (Å²) >= 11 is 1.12. The third-order valence-electron chi connectivity index (χ3n) is 3.91. The van der Waals surface area contributed by atoms with E-state index < -0.39 is 17.3 Å². The Morgan fingerprint density at radius 3 is 2.71 bits per heavy atom. The topological polar surface area (TPSA) is 101 Å². The number of thioether (sulfide) groups is 1. The maximum atomic E-state index is 12.6. The van der Waals surface area contributed by atoms with E-state index in [0.717, 1.165) is 22.5 Å². The number of benzene rings is 2. The van der Waals surface area contributed by atoms with Crippen molar-refractivity contribution in [2.75, 3.05) is 10.7 Å². The highest BCUT2D eigenvalue weighted by Gasteiger charge is 2.40. The van der Waals surface area contributed by atoms with Gasteiger partial charge in [-0.2, -0.15) is 0 Å². The van der Waals surface area contributed by atoms with Gasteiger partial charge >= 0.3 is 5.97 Å². The van der Waals surface area contributed by atoms with Gasteiger partial charge in [-0.25, -0.2) is 4.90 Å². The molecule has 1 heterocycles. The Hall–Kier alpha value is -2.38. The van der Waals surface area contributed by atoms with Crippen molar-refractivity contribution in [1.82, 2.24) is 0 Å². The van der Waals surface area contributed by atoms with Gasteiger partial charge in [0, 0.05) is 17.6 Å². The number of nitrogens with two attached hydrogens (primary N) is 1. The van der Waals surface area contributed by atoms with Crippen molar-refractivity contribution in [2.24, 2.45) is 5.73 Å². The molecule has 24 heavy (non-hydrogen) atoms. The summed E-state index contributed by atoms with van der Waals surface area (Å²) < 4.78 is 0. The predicted molar refractivity (Wildman–Crippen MR) is 92.9 cm³/mol. The molecule has 0 aromatic heterocycles. The quantitative estimate of drug-likeness (QED) is 0.799. The van der Waals surface area contributed by atoms with Crippen LogP contribution in [0, 0.1) is 0 Å². The molecule has 0 saturated carbocycles. The number of hydrogen-bond acceptors (Lipinski definition) is 5. The van der Waals surface area contributed by atoms with Crippen molar-refractivity contribution in [3.63, 3.8) is 0 Å². The molecule has 3 rings (SSSR count). The molecule has 0 bridgehead atoms. The van der Waals surface area contributed by atoms with Crippen LogP contribution in [0.25, 0.3) is 10.8 Å². The number of carbonyl (C=O) groups is 3. The first-order valence-corrected chi connectivity index (χ1v) is 8.48. The Morgan fingerprint density at radius 2 is 1.96 bits per heavy atom. The number of carboxylic acids is 1. The molecule has 2 amide bonds. The highest BCUT2D eigenvalue weighted by Crippen LogP contribution is 2.34. The molecule has 7 heteroatoms. The summed E-state index contributed by atoms with van der Waals surface area (Å²) in [6, 6.07) is 12.0. The Labute approximate surface area is 142 Å². The smallest absolute Gasteiger partial charge is 0.321 e. The van der Waals surface area contributed by atoms with Crippen LogP contribution in [-0.4, -0.2) is 39.9 Å². The molecule has 2 aromatic rings. The molecule has 1 fully saturated rings. The van der Waals surface area contributed by atoms with E-state index in [1.807, 2.05) is 30.3 Å². The predicted octanol–water partition coefficient (Wildman–Crippen LogP) is 1.62. The van der Waals surface area contributed by atoms with E-state index in [4.69, 9.17) is 10.8 Å². The Kier molecular flexibility index (Phi) is 4.55. The van der Waals surface area contributed by atoms with Crippen LogP contribution in [0.15, 0.2) is 42.5 Å². The Morgan fingerprint density at radius 1 is 1.25 bits per heavy atom. The minimum absolute atomic E-state index is 0.0546. The molecule has 2 aromatic carbocycles. The maximum Gasteiger partial charge on any atom is 0.321 e. The highest BCUT2D eigenvalue weighted by molar-refractivity contribution is 8.00. The lowest BCUT2D eigenvalue weighted by molar-refractivity contribution is -0.138. The van der Waals surface area contributed by atoms with Crippen LogP contribution < -0.4 is 10.6 Å². The first kappa shape index (κ1) is 16.5. The fourth-order valence-electron chi connectivity index (χ4n) is 2.68. The number of carbonyl (C=O) groups excluding carboxylic acids is 2. The first-order valence-electron chi connectivity index (χ1n) is 7.43. The van der Waals surface area contributed by atoms with Gasteiger partial charge in [0.1, 0.15) is 6.04 Å². The minimum atomic E-state index is -1.12. The number of hydrogen-bond donors (Lipinski definition) is 2. The summed E-state index contributed by atoms with van der Waals surface area (Å²) in [4.78, 5) is 37.0. The van der Waals surface area contributed by atoms with Crippen LogP contribution in [0.1, 0.15) is 6.42 Å². The molecule has 0 unspecified atom stereocenters. The zero-order valence-corrected chi connectivity index (χ0v) is 13.5. The number of carboxylic acid groups (broad SMARTS) is 1. The number of amides is 2. The van der Waals surface area contributed by atoms with Crippen molar-refractivity contribution >= 4 is 46.0 Å². The van der Waals surface area contributed by atoms with Crippen LogP contribution in [-0.2, 0) is 14.4 Å². The van der Waals surface area contributed by atoms with Crippen molar-refractivity contribution < 1.29 is 19.5 Å². The van der Waals surface area contributed by atoms with Crippen LogP contribution in [0.4, 0.5) is 5.69 Å². The number of rotatable bonds is 5. The van der Waals surface area contributed by atoms with Crippen molar-refractivity contribution in [1.29, 1.82) is 0 Å². The zero-order valence-electron chi connectivity index (χ0n) is 12.7. The number of imide groups is 1. The molecule has 6 nitrogen and oxygen atoms in total. The van der Waals surface area contributed by atoms with Crippen molar-refractivity contribution in [2.45, 2.75) is 17.7 Å². The second-order valence-electron chi connectivity index (χ2n) is 5.54.